The molecule has 0 N–H and O–H groups in total. The second-order valence-corrected chi connectivity index (χ2v) is 17.8. The van der Waals surface area contributed by atoms with Crippen LogP contribution < -0.4 is 4.89 Å². The van der Waals surface area contributed by atoms with Gasteiger partial charge in [-0.3, -0.25) is 9.36 Å². The molecule has 0 spiro atoms. The number of ether oxygens (including phenoxy) is 2. The van der Waals surface area contributed by atoms with Gasteiger partial charge in [0.05, 0.1) is 34.4 Å². The number of carbonyl (C=O) groups excluding carboxylic acids is 1. The quantitative estimate of drug-likeness (QED) is 0.0199. The predicted molar refractivity (Wildman–Crippen MR) is 240 cm³/mol. The van der Waals surface area contributed by atoms with Gasteiger partial charge in [-0.2, -0.15) is 0 Å². The maximum atomic E-state index is 12.7. The summed E-state index contributed by atoms with van der Waals surface area (Å²) in [5.74, 6) is -0.348. The van der Waals surface area contributed by atoms with E-state index in [-0.39, 0.29) is 25.8 Å². The van der Waals surface area contributed by atoms with Crippen molar-refractivity contribution < 1.29 is 37.3 Å². The molecule has 9 heteroatoms. The van der Waals surface area contributed by atoms with Crippen molar-refractivity contribution in [2.45, 2.75) is 187 Å². The first-order chi connectivity index (χ1) is 27.6. The van der Waals surface area contributed by atoms with Crippen LogP contribution in [-0.2, 0) is 27.9 Å². The number of quaternary nitrogens is 1. The zero-order chi connectivity index (χ0) is 42.0. The number of hydrogen-bond acceptors (Lipinski definition) is 7. The SMILES string of the molecule is CC/C=C\C/C=C\C/C=C\C/C=C\CCCCCCCCCCCOCC(COP(=O)([O-])OCC[N+](C)(C)C)OC(=O)CCCCCCC/C=C\CCCCCC. The van der Waals surface area contributed by atoms with Crippen LogP contribution in [0, 0.1) is 0 Å². The first-order valence-corrected chi connectivity index (χ1v) is 24.5. The van der Waals surface area contributed by atoms with E-state index in [1.54, 1.807) is 0 Å². The van der Waals surface area contributed by atoms with Gasteiger partial charge in [-0.15, -0.1) is 0 Å². The molecule has 0 radical (unpaired) electrons. The smallest absolute Gasteiger partial charge is 0.306 e. The van der Waals surface area contributed by atoms with Crippen molar-refractivity contribution in [2.24, 2.45) is 0 Å². The van der Waals surface area contributed by atoms with Crippen LogP contribution in [-0.4, -0.2) is 70.7 Å². The van der Waals surface area contributed by atoms with Crippen LogP contribution in [0.4, 0.5) is 0 Å². The Labute approximate surface area is 351 Å². The molecule has 0 saturated heterocycles. The lowest BCUT2D eigenvalue weighted by Gasteiger charge is -2.28. The summed E-state index contributed by atoms with van der Waals surface area (Å²) in [5.41, 5.74) is 0. The number of phosphoric acid groups is 1. The molecule has 0 bridgehead atoms. The highest BCUT2D eigenvalue weighted by Crippen LogP contribution is 2.38. The van der Waals surface area contributed by atoms with Crippen LogP contribution in [0.15, 0.2) is 60.8 Å². The summed E-state index contributed by atoms with van der Waals surface area (Å²) < 4.78 is 34.6. The zero-order valence-electron chi connectivity index (χ0n) is 37.5. The number of rotatable bonds is 42. The molecule has 0 aromatic heterocycles. The Bertz CT molecular complexity index is 1090. The molecule has 2 atom stereocenters. The van der Waals surface area contributed by atoms with E-state index in [9.17, 15) is 14.3 Å². The number of unbranched alkanes of at least 4 members (excludes halogenated alkanes) is 18. The van der Waals surface area contributed by atoms with Crippen molar-refractivity contribution in [1.29, 1.82) is 0 Å². The molecule has 0 amide bonds. The minimum atomic E-state index is -4.53. The lowest BCUT2D eigenvalue weighted by molar-refractivity contribution is -0.870. The van der Waals surface area contributed by atoms with Crippen LogP contribution in [0.3, 0.4) is 0 Å². The standard InChI is InChI=1S/C48H88NO7P/c1-6-8-10-12-14-16-18-20-21-22-23-24-25-26-27-28-30-32-34-36-38-40-43-53-45-47(46-55-57(51,52)54-44-42-49(3,4)5)56-48(50)41-39-37-35-33-31-29-19-17-15-13-11-9-7-2/h8,10,14,16-17,19-21,23-24,47H,6-7,9,11-13,15,18,22,25-46H2,1-5H3/b10-8-,16-14-,19-17-,21-20-,24-23-. The fourth-order valence-corrected chi connectivity index (χ4v) is 6.73. The molecular formula is C48H88NO7P. The molecule has 0 aliphatic heterocycles. The van der Waals surface area contributed by atoms with Crippen molar-refractivity contribution in [3.63, 3.8) is 0 Å². The minimum Gasteiger partial charge on any atom is -0.756 e. The minimum absolute atomic E-state index is 0.0211. The third-order valence-electron chi connectivity index (χ3n) is 9.55. The van der Waals surface area contributed by atoms with Gasteiger partial charge in [-0.25, -0.2) is 0 Å². The van der Waals surface area contributed by atoms with Gasteiger partial charge in [0.1, 0.15) is 19.3 Å². The van der Waals surface area contributed by atoms with Crippen LogP contribution in [0.2, 0.25) is 0 Å². The Morgan fingerprint density at radius 1 is 0.561 bits per heavy atom. The first kappa shape index (κ1) is 55.2. The summed E-state index contributed by atoms with van der Waals surface area (Å²) in [6.07, 6.45) is 50.9. The zero-order valence-corrected chi connectivity index (χ0v) is 38.4. The van der Waals surface area contributed by atoms with Gasteiger partial charge in [-0.05, 0) is 77.0 Å². The van der Waals surface area contributed by atoms with Gasteiger partial charge in [0.25, 0.3) is 7.82 Å². The van der Waals surface area contributed by atoms with E-state index in [0.717, 1.165) is 70.6 Å². The average Bonchev–Trinajstić information content (AvgIpc) is 3.16. The largest absolute Gasteiger partial charge is 0.756 e. The second-order valence-electron chi connectivity index (χ2n) is 16.4. The fourth-order valence-electron chi connectivity index (χ4n) is 6.00. The molecule has 0 heterocycles. The van der Waals surface area contributed by atoms with Crippen LogP contribution >= 0.6 is 7.82 Å². The highest BCUT2D eigenvalue weighted by atomic mass is 31.2. The number of phosphoric ester groups is 1. The maximum absolute atomic E-state index is 12.7. The monoisotopic (exact) mass is 822 g/mol. The molecule has 0 aliphatic rings. The number of esters is 1. The van der Waals surface area contributed by atoms with Crippen molar-refractivity contribution in [2.75, 3.05) is 54.1 Å². The lowest BCUT2D eigenvalue weighted by atomic mass is 10.1. The van der Waals surface area contributed by atoms with Gasteiger partial charge >= 0.3 is 5.97 Å². The fraction of sp³-hybridized carbons (Fsp3) is 0.771. The van der Waals surface area contributed by atoms with Crippen LogP contribution in [0.25, 0.3) is 0 Å². The summed E-state index contributed by atoms with van der Waals surface area (Å²) in [4.78, 5) is 25.0. The van der Waals surface area contributed by atoms with Gasteiger partial charge in [0.15, 0.2) is 0 Å². The molecule has 0 saturated carbocycles. The summed E-state index contributed by atoms with van der Waals surface area (Å²) in [5, 5.41) is 0. The first-order valence-electron chi connectivity index (χ1n) is 23.0. The van der Waals surface area contributed by atoms with E-state index in [1.807, 2.05) is 21.1 Å². The predicted octanol–water partition coefficient (Wildman–Crippen LogP) is 13.1. The highest BCUT2D eigenvalue weighted by molar-refractivity contribution is 7.45. The van der Waals surface area contributed by atoms with Gasteiger partial charge in [0, 0.05) is 13.0 Å². The molecule has 0 rings (SSSR count). The van der Waals surface area contributed by atoms with E-state index in [4.69, 9.17) is 18.5 Å². The normalized spacial score (nSPS) is 14.3. The Kier molecular flexibility index (Phi) is 39.7. The van der Waals surface area contributed by atoms with Crippen LogP contribution in [0.1, 0.15) is 181 Å². The van der Waals surface area contributed by atoms with E-state index in [0.29, 0.717) is 24.1 Å². The van der Waals surface area contributed by atoms with E-state index >= 15 is 0 Å². The van der Waals surface area contributed by atoms with Crippen molar-refractivity contribution in [1.82, 2.24) is 0 Å². The molecule has 0 aromatic carbocycles. The van der Waals surface area contributed by atoms with Gasteiger partial charge in [0.2, 0.25) is 0 Å². The van der Waals surface area contributed by atoms with Gasteiger partial charge in [-0.1, -0.05) is 158 Å². The number of carbonyl (C=O) groups is 1. The molecule has 57 heavy (non-hydrogen) atoms. The summed E-state index contributed by atoms with van der Waals surface area (Å²) in [6, 6.07) is 0. The molecule has 0 fully saturated rings. The van der Waals surface area contributed by atoms with Crippen molar-refractivity contribution in [3.05, 3.63) is 60.8 Å². The van der Waals surface area contributed by atoms with Crippen molar-refractivity contribution in [3.8, 4) is 0 Å². The molecule has 2 unspecified atom stereocenters. The molecule has 0 aliphatic carbocycles. The Morgan fingerprint density at radius 2 is 1.02 bits per heavy atom. The number of likely N-dealkylation sites (N-methyl/N-ethyl adjacent to an activating group) is 1. The van der Waals surface area contributed by atoms with E-state index in [1.165, 1.54) is 89.9 Å². The van der Waals surface area contributed by atoms with Gasteiger partial charge < -0.3 is 27.9 Å². The van der Waals surface area contributed by atoms with Crippen molar-refractivity contribution >= 4 is 13.8 Å². The Hall–Kier alpha value is -1.80. The summed E-state index contributed by atoms with van der Waals surface area (Å²) in [6.45, 7) is 5.25. The average molecular weight is 822 g/mol. The Balaban J connectivity index is 4.19. The topological polar surface area (TPSA) is 94.1 Å². The van der Waals surface area contributed by atoms with E-state index < -0.39 is 13.9 Å². The third-order valence-corrected chi connectivity index (χ3v) is 10.5. The maximum Gasteiger partial charge on any atom is 0.306 e. The summed E-state index contributed by atoms with van der Waals surface area (Å²) >= 11 is 0. The number of hydrogen-bond donors (Lipinski definition) is 0. The molecule has 332 valence electrons. The van der Waals surface area contributed by atoms with E-state index in [2.05, 4.69) is 74.6 Å². The summed E-state index contributed by atoms with van der Waals surface area (Å²) in [7, 11) is 1.34. The number of nitrogens with zero attached hydrogens (tertiary/aromatic N) is 1. The third kappa shape index (κ3) is 45.1. The highest BCUT2D eigenvalue weighted by Gasteiger charge is 2.20. The second kappa shape index (κ2) is 41.0. The molecule has 8 nitrogen and oxygen atoms in total. The molecular weight excluding hydrogens is 734 g/mol. The van der Waals surface area contributed by atoms with Crippen LogP contribution in [0.5, 0.6) is 0 Å². The Morgan fingerprint density at radius 3 is 1.54 bits per heavy atom. The lowest BCUT2D eigenvalue weighted by Crippen LogP contribution is -2.37. The number of allylic oxidation sites excluding steroid dienone is 10. The molecule has 0 aromatic rings.